The molecule has 1 aliphatic heterocycles. The van der Waals surface area contributed by atoms with Crippen molar-refractivity contribution >= 4 is 6.03 Å². The zero-order valence-corrected chi connectivity index (χ0v) is 14.6. The second-order valence-corrected chi connectivity index (χ2v) is 6.39. The van der Waals surface area contributed by atoms with Crippen molar-refractivity contribution in [1.82, 2.24) is 10.6 Å². The van der Waals surface area contributed by atoms with Crippen LogP contribution in [-0.4, -0.2) is 44.5 Å². The van der Waals surface area contributed by atoms with Crippen molar-refractivity contribution in [1.29, 1.82) is 0 Å². The zero-order chi connectivity index (χ0) is 17.0. The first-order chi connectivity index (χ1) is 11.7. The van der Waals surface area contributed by atoms with E-state index in [4.69, 9.17) is 9.47 Å². The van der Waals surface area contributed by atoms with Gasteiger partial charge in [-0.3, -0.25) is 0 Å². The average Bonchev–Trinajstić information content (AvgIpc) is 3.10. The monoisotopic (exact) mass is 334 g/mol. The molecule has 0 spiro atoms. The smallest absolute Gasteiger partial charge is 0.314 e. The molecule has 5 heteroatoms. The fourth-order valence-corrected chi connectivity index (χ4v) is 2.74. The molecule has 1 aromatic rings. The van der Waals surface area contributed by atoms with Crippen LogP contribution in [0.4, 0.5) is 4.79 Å². The van der Waals surface area contributed by atoms with Crippen molar-refractivity contribution in [3.63, 3.8) is 0 Å². The molecule has 134 valence electrons. The van der Waals surface area contributed by atoms with E-state index in [0.717, 1.165) is 38.7 Å². The molecule has 0 saturated carbocycles. The van der Waals surface area contributed by atoms with Crippen molar-refractivity contribution < 1.29 is 14.3 Å². The summed E-state index contributed by atoms with van der Waals surface area (Å²) >= 11 is 0. The van der Waals surface area contributed by atoms with Gasteiger partial charge >= 0.3 is 6.03 Å². The molecule has 0 radical (unpaired) electrons. The molecule has 1 aliphatic rings. The molecule has 1 fully saturated rings. The van der Waals surface area contributed by atoms with E-state index in [1.54, 1.807) is 0 Å². The Morgan fingerprint density at radius 3 is 2.96 bits per heavy atom. The van der Waals surface area contributed by atoms with Crippen LogP contribution in [0, 0.1) is 0 Å². The Bertz CT molecular complexity index is 461. The molecule has 2 N–H and O–H groups in total. The summed E-state index contributed by atoms with van der Waals surface area (Å²) in [4.78, 5) is 11.8. The molecule has 0 aromatic heterocycles. The van der Waals surface area contributed by atoms with Gasteiger partial charge in [0.15, 0.2) is 0 Å². The van der Waals surface area contributed by atoms with Gasteiger partial charge in [-0.15, -0.1) is 0 Å². The fourth-order valence-electron chi connectivity index (χ4n) is 2.74. The molecule has 1 heterocycles. The van der Waals surface area contributed by atoms with Crippen LogP contribution < -0.4 is 10.6 Å². The molecule has 2 unspecified atom stereocenters. The maximum atomic E-state index is 11.8. The van der Waals surface area contributed by atoms with Crippen LogP contribution in [0.25, 0.3) is 0 Å². The minimum absolute atomic E-state index is 0.102. The fraction of sp³-hybridized carbons (Fsp3) is 0.632. The molecule has 1 aromatic carbocycles. The highest BCUT2D eigenvalue weighted by molar-refractivity contribution is 5.74. The minimum atomic E-state index is -0.102. The molecule has 0 bridgehead atoms. The van der Waals surface area contributed by atoms with Gasteiger partial charge in [0, 0.05) is 25.8 Å². The third-order valence-electron chi connectivity index (χ3n) is 4.17. The van der Waals surface area contributed by atoms with E-state index in [9.17, 15) is 4.79 Å². The van der Waals surface area contributed by atoms with E-state index in [-0.39, 0.29) is 18.2 Å². The number of carbonyl (C=O) groups excluding carboxylic acids is 1. The lowest BCUT2D eigenvalue weighted by Crippen LogP contribution is -2.41. The van der Waals surface area contributed by atoms with Gasteiger partial charge in [-0.25, -0.2) is 4.79 Å². The number of hydrogen-bond donors (Lipinski definition) is 2. The Morgan fingerprint density at radius 2 is 2.21 bits per heavy atom. The summed E-state index contributed by atoms with van der Waals surface area (Å²) < 4.78 is 11.1. The first-order valence-electron chi connectivity index (χ1n) is 9.01. The summed E-state index contributed by atoms with van der Waals surface area (Å²) in [6.07, 6.45) is 5.23. The van der Waals surface area contributed by atoms with Crippen molar-refractivity contribution in [2.75, 3.05) is 26.4 Å². The van der Waals surface area contributed by atoms with Crippen molar-refractivity contribution in [2.24, 2.45) is 0 Å². The van der Waals surface area contributed by atoms with Gasteiger partial charge < -0.3 is 20.1 Å². The Balaban J connectivity index is 1.45. The van der Waals surface area contributed by atoms with Gasteiger partial charge in [-0.05, 0) is 44.6 Å². The van der Waals surface area contributed by atoms with Crippen LogP contribution in [0.1, 0.15) is 38.2 Å². The quantitative estimate of drug-likeness (QED) is 0.647. The minimum Gasteiger partial charge on any atom is -0.379 e. The van der Waals surface area contributed by atoms with Gasteiger partial charge in [-0.2, -0.15) is 0 Å². The van der Waals surface area contributed by atoms with Gasteiger partial charge in [0.2, 0.25) is 0 Å². The maximum absolute atomic E-state index is 11.8. The molecule has 0 aliphatic carbocycles. The Labute approximate surface area is 145 Å². The van der Waals surface area contributed by atoms with Crippen LogP contribution in [0.5, 0.6) is 0 Å². The predicted octanol–water partition coefficient (Wildman–Crippen LogP) is 2.89. The molecular formula is C19H30N2O3. The highest BCUT2D eigenvalue weighted by atomic mass is 16.5. The molecule has 2 atom stereocenters. The number of amides is 2. The van der Waals surface area contributed by atoms with Crippen molar-refractivity contribution in [3.8, 4) is 0 Å². The Hall–Kier alpha value is -1.59. The van der Waals surface area contributed by atoms with Crippen LogP contribution >= 0.6 is 0 Å². The standard InChI is InChI=1S/C19H30N2O3/c1-16(10-11-17-7-3-2-4-8-17)21-19(22)20-12-6-13-23-15-18-9-5-14-24-18/h2-4,7-8,16,18H,5-6,9-15H2,1H3,(H2,20,21,22). The van der Waals surface area contributed by atoms with Crippen LogP contribution in [0.15, 0.2) is 30.3 Å². The molecule has 5 nitrogen and oxygen atoms in total. The van der Waals surface area contributed by atoms with Crippen molar-refractivity contribution in [2.45, 2.75) is 51.2 Å². The lowest BCUT2D eigenvalue weighted by molar-refractivity contribution is 0.0168. The van der Waals surface area contributed by atoms with Crippen LogP contribution in [0.3, 0.4) is 0 Å². The highest BCUT2D eigenvalue weighted by Crippen LogP contribution is 2.11. The van der Waals surface area contributed by atoms with Crippen LogP contribution in [0.2, 0.25) is 0 Å². The normalized spacial score (nSPS) is 18.3. The first-order valence-corrected chi connectivity index (χ1v) is 9.01. The Kier molecular flexibility index (Phi) is 8.63. The summed E-state index contributed by atoms with van der Waals surface area (Å²) in [6, 6.07) is 10.4. The average molecular weight is 334 g/mol. The predicted molar refractivity (Wildman–Crippen MR) is 95.2 cm³/mol. The first kappa shape index (κ1) is 18.7. The largest absolute Gasteiger partial charge is 0.379 e. The lowest BCUT2D eigenvalue weighted by Gasteiger charge is -2.15. The molecule has 24 heavy (non-hydrogen) atoms. The van der Waals surface area contributed by atoms with E-state index >= 15 is 0 Å². The molecule has 2 amide bonds. The third kappa shape index (κ3) is 7.79. The van der Waals surface area contributed by atoms with E-state index in [0.29, 0.717) is 19.8 Å². The summed E-state index contributed by atoms with van der Waals surface area (Å²) in [5, 5.41) is 5.85. The number of rotatable bonds is 10. The van der Waals surface area contributed by atoms with Crippen molar-refractivity contribution in [3.05, 3.63) is 35.9 Å². The van der Waals surface area contributed by atoms with E-state index in [1.807, 2.05) is 25.1 Å². The summed E-state index contributed by atoms with van der Waals surface area (Å²) in [6.45, 7) is 4.85. The number of benzene rings is 1. The molecule has 1 saturated heterocycles. The van der Waals surface area contributed by atoms with E-state index in [2.05, 4.69) is 22.8 Å². The zero-order valence-electron chi connectivity index (χ0n) is 14.6. The van der Waals surface area contributed by atoms with Gasteiger partial charge in [0.25, 0.3) is 0 Å². The molecule has 2 rings (SSSR count). The number of ether oxygens (including phenoxy) is 2. The number of carbonyl (C=O) groups is 1. The van der Waals surface area contributed by atoms with E-state index in [1.165, 1.54) is 5.56 Å². The second-order valence-electron chi connectivity index (χ2n) is 6.39. The lowest BCUT2D eigenvalue weighted by atomic mass is 10.1. The summed E-state index contributed by atoms with van der Waals surface area (Å²) in [5.41, 5.74) is 1.30. The SMILES string of the molecule is CC(CCc1ccccc1)NC(=O)NCCCOCC1CCCO1. The highest BCUT2D eigenvalue weighted by Gasteiger charge is 2.14. The number of aryl methyl sites for hydroxylation is 1. The van der Waals surface area contributed by atoms with Gasteiger partial charge in [0.05, 0.1) is 12.7 Å². The van der Waals surface area contributed by atoms with E-state index < -0.39 is 0 Å². The van der Waals surface area contributed by atoms with Crippen LogP contribution in [-0.2, 0) is 15.9 Å². The Morgan fingerprint density at radius 1 is 1.38 bits per heavy atom. The second kappa shape index (κ2) is 11.0. The summed E-state index contributed by atoms with van der Waals surface area (Å²) in [5.74, 6) is 0. The number of hydrogen-bond acceptors (Lipinski definition) is 3. The number of urea groups is 1. The third-order valence-corrected chi connectivity index (χ3v) is 4.17. The van der Waals surface area contributed by atoms with Gasteiger partial charge in [0.1, 0.15) is 0 Å². The van der Waals surface area contributed by atoms with Gasteiger partial charge in [-0.1, -0.05) is 30.3 Å². The molecular weight excluding hydrogens is 304 g/mol. The summed E-state index contributed by atoms with van der Waals surface area (Å²) in [7, 11) is 0. The topological polar surface area (TPSA) is 59.6 Å². The number of nitrogens with one attached hydrogen (secondary N) is 2. The maximum Gasteiger partial charge on any atom is 0.314 e.